The molecule has 2 unspecified atom stereocenters. The first kappa shape index (κ1) is 50.3. The van der Waals surface area contributed by atoms with Crippen LogP contribution in [-0.2, 0) is 54.8 Å². The van der Waals surface area contributed by atoms with Gasteiger partial charge < -0.3 is 37.9 Å². The lowest BCUT2D eigenvalue weighted by molar-refractivity contribution is -0.277. The summed E-state index contributed by atoms with van der Waals surface area (Å²) in [5.41, 5.74) is 8.92. The second-order valence-corrected chi connectivity index (χ2v) is 15.9. The van der Waals surface area contributed by atoms with Crippen LogP contribution in [0.25, 0.3) is 11.1 Å². The van der Waals surface area contributed by atoms with Crippen LogP contribution in [0.15, 0.2) is 72.8 Å². The number of benzene rings is 4. The molecular weight excluding hydrogens is 817 g/mol. The maximum absolute atomic E-state index is 14.0. The Morgan fingerprint density at radius 2 is 1.09 bits per heavy atom. The van der Waals surface area contributed by atoms with Gasteiger partial charge in [-0.25, -0.2) is 19.4 Å². The van der Waals surface area contributed by atoms with Crippen LogP contribution in [0.4, 0.5) is 0 Å². The number of carbonyl (C=O) groups excluding carboxylic acids is 2. The van der Waals surface area contributed by atoms with Crippen molar-refractivity contribution in [1.82, 2.24) is 0 Å². The van der Waals surface area contributed by atoms with Crippen LogP contribution in [0.1, 0.15) is 119 Å². The van der Waals surface area contributed by atoms with Crippen molar-refractivity contribution in [2.45, 2.75) is 71.6 Å². The van der Waals surface area contributed by atoms with Crippen LogP contribution in [0.5, 0.6) is 5.75 Å². The third-order valence-electron chi connectivity index (χ3n) is 11.6. The molecule has 0 fully saturated rings. The van der Waals surface area contributed by atoms with Gasteiger partial charge in [-0.05, 0) is 107 Å². The average molecular weight is 885 g/mol. The fraction of sp³-hybridized carbons (Fsp3) is 0.500. The van der Waals surface area contributed by atoms with E-state index in [9.17, 15) is 9.59 Å². The van der Waals surface area contributed by atoms with Gasteiger partial charge in [0.15, 0.2) is 0 Å². The zero-order valence-electron chi connectivity index (χ0n) is 39.1. The third-order valence-corrected chi connectivity index (χ3v) is 11.6. The van der Waals surface area contributed by atoms with E-state index in [2.05, 4.69) is 75.0 Å². The van der Waals surface area contributed by atoms with Crippen molar-refractivity contribution in [3.8, 4) is 16.9 Å². The van der Waals surface area contributed by atoms with Crippen LogP contribution < -0.4 is 4.74 Å². The molecule has 5 rings (SSSR count). The van der Waals surface area contributed by atoms with Gasteiger partial charge in [-0.2, -0.15) is 0 Å². The molecule has 0 radical (unpaired) electrons. The topological polar surface area (TPSA) is 126 Å². The summed E-state index contributed by atoms with van der Waals surface area (Å²) in [5, 5.41) is 0. The third kappa shape index (κ3) is 12.4. The smallest absolute Gasteiger partial charge is 0.341 e. The van der Waals surface area contributed by atoms with Crippen molar-refractivity contribution in [3.63, 3.8) is 0 Å². The van der Waals surface area contributed by atoms with Crippen molar-refractivity contribution in [2.75, 3.05) is 100 Å². The molecule has 0 heterocycles. The molecule has 0 aromatic heterocycles. The summed E-state index contributed by atoms with van der Waals surface area (Å²) in [7, 11) is 3.09. The Hall–Kier alpha value is -4.66. The van der Waals surface area contributed by atoms with Gasteiger partial charge in [0.1, 0.15) is 24.5 Å². The van der Waals surface area contributed by atoms with Crippen molar-refractivity contribution in [1.29, 1.82) is 0 Å². The summed E-state index contributed by atoms with van der Waals surface area (Å²) in [6.45, 7) is 17.0. The second kappa shape index (κ2) is 25.7. The first-order valence-corrected chi connectivity index (χ1v) is 22.7. The van der Waals surface area contributed by atoms with Gasteiger partial charge in [-0.15, -0.1) is 0 Å². The molecule has 0 aliphatic heterocycles. The lowest BCUT2D eigenvalue weighted by atomic mass is 9.66. The Kier molecular flexibility index (Phi) is 20.2. The lowest BCUT2D eigenvalue weighted by Crippen LogP contribution is -2.30. The van der Waals surface area contributed by atoms with Gasteiger partial charge in [0.25, 0.3) is 0 Å². The Morgan fingerprint density at radius 1 is 0.562 bits per heavy atom. The molecule has 12 heteroatoms. The summed E-state index contributed by atoms with van der Waals surface area (Å²) < 4.78 is 45.5. The minimum atomic E-state index is -0.981. The zero-order chi connectivity index (χ0) is 45.9. The molecule has 12 nitrogen and oxygen atoms in total. The molecule has 0 N–H and O–H groups in total. The van der Waals surface area contributed by atoms with E-state index in [1.807, 2.05) is 37.3 Å². The molecule has 0 bridgehead atoms. The van der Waals surface area contributed by atoms with E-state index in [1.54, 1.807) is 14.0 Å². The molecule has 4 aromatic carbocycles. The molecule has 2 atom stereocenters. The fourth-order valence-electron chi connectivity index (χ4n) is 8.09. The number of esters is 2. The standard InChI is InChI=1S/C52H68O12/c1-9-37(6)40-14-18-44-43-17-13-39(36(4)5)32-47(43)52(48(44)33-40,41-15-12-38(45(34-41)50(53)61-10-2)20-21-57-24-25-60-29-31-64-56-8)42-16-19-49(46(35-42)51(54)62-11-3)63-30-28-59-27-26-58-23-22-55-7/h12-19,32-37H,9-11,20-31H2,1-8H3. The van der Waals surface area contributed by atoms with Crippen LogP contribution in [0, 0.1) is 0 Å². The van der Waals surface area contributed by atoms with Crippen LogP contribution in [0.2, 0.25) is 0 Å². The monoisotopic (exact) mass is 884 g/mol. The molecule has 4 aromatic rings. The summed E-state index contributed by atoms with van der Waals surface area (Å²) in [6, 6.07) is 25.4. The largest absolute Gasteiger partial charge is 0.490 e. The molecule has 0 saturated heterocycles. The van der Waals surface area contributed by atoms with E-state index < -0.39 is 17.4 Å². The van der Waals surface area contributed by atoms with Crippen LogP contribution >= 0.6 is 0 Å². The summed E-state index contributed by atoms with van der Waals surface area (Å²) in [6.07, 6.45) is 1.43. The predicted molar refractivity (Wildman–Crippen MR) is 246 cm³/mol. The van der Waals surface area contributed by atoms with E-state index in [4.69, 9.17) is 42.8 Å². The van der Waals surface area contributed by atoms with Gasteiger partial charge in [0, 0.05) is 7.11 Å². The normalized spacial score (nSPS) is 14.6. The summed E-state index contributed by atoms with van der Waals surface area (Å²) >= 11 is 0. The number of hydrogen-bond acceptors (Lipinski definition) is 12. The van der Waals surface area contributed by atoms with Gasteiger partial charge >= 0.3 is 11.9 Å². The van der Waals surface area contributed by atoms with E-state index in [1.165, 1.54) is 18.2 Å². The van der Waals surface area contributed by atoms with E-state index in [0.29, 0.717) is 89.4 Å². The quantitative estimate of drug-likeness (QED) is 0.0197. The molecule has 1 aliphatic rings. The number of ether oxygens (including phenoxy) is 8. The first-order chi connectivity index (χ1) is 31.2. The highest BCUT2D eigenvalue weighted by Crippen LogP contribution is 2.57. The number of hydrogen-bond donors (Lipinski definition) is 0. The van der Waals surface area contributed by atoms with E-state index >= 15 is 0 Å². The average Bonchev–Trinajstić information content (AvgIpc) is 3.60. The van der Waals surface area contributed by atoms with Crippen LogP contribution in [0.3, 0.4) is 0 Å². The summed E-state index contributed by atoms with van der Waals surface area (Å²) in [5.74, 6) is -0.0193. The van der Waals surface area contributed by atoms with Gasteiger partial charge in [-0.1, -0.05) is 82.3 Å². The molecule has 0 spiro atoms. The SMILES string of the molecule is CCOC(=O)c1cc(C2(c3ccc(OCCOCCOCCOC)c(C(=O)OCC)c3)c3cc(C(C)C)ccc3-c3ccc(C(C)CC)cc32)ccc1CCOCCOCCOOC. The van der Waals surface area contributed by atoms with E-state index in [0.717, 1.165) is 45.4 Å². The number of carbonyl (C=O) groups is 2. The maximum Gasteiger partial charge on any atom is 0.341 e. The Labute approximate surface area is 379 Å². The number of rotatable bonds is 29. The Bertz CT molecular complexity index is 2010. The molecule has 64 heavy (non-hydrogen) atoms. The molecule has 0 saturated carbocycles. The van der Waals surface area contributed by atoms with E-state index in [-0.39, 0.29) is 31.7 Å². The highest BCUT2D eigenvalue weighted by Gasteiger charge is 2.47. The zero-order valence-corrected chi connectivity index (χ0v) is 39.1. The van der Waals surface area contributed by atoms with Gasteiger partial charge in [-0.3, -0.25) is 0 Å². The van der Waals surface area contributed by atoms with Gasteiger partial charge in [0.2, 0.25) is 0 Å². The minimum absolute atomic E-state index is 0.186. The summed E-state index contributed by atoms with van der Waals surface area (Å²) in [4.78, 5) is 37.5. The molecular formula is C52H68O12. The number of fused-ring (bicyclic) bond motifs is 3. The Balaban J connectivity index is 1.66. The molecule has 0 amide bonds. The van der Waals surface area contributed by atoms with Crippen LogP contribution in [-0.4, -0.2) is 112 Å². The first-order valence-electron chi connectivity index (χ1n) is 22.7. The van der Waals surface area contributed by atoms with Gasteiger partial charge in [0.05, 0.1) is 90.8 Å². The fourth-order valence-corrected chi connectivity index (χ4v) is 8.09. The predicted octanol–water partition coefficient (Wildman–Crippen LogP) is 9.25. The number of methoxy groups -OCH3 is 1. The second-order valence-electron chi connectivity index (χ2n) is 15.9. The highest BCUT2D eigenvalue weighted by atomic mass is 17.2. The van der Waals surface area contributed by atoms with Crippen molar-refractivity contribution in [3.05, 3.63) is 123 Å². The van der Waals surface area contributed by atoms with Crippen molar-refractivity contribution in [2.24, 2.45) is 0 Å². The Morgan fingerprint density at radius 3 is 1.69 bits per heavy atom. The van der Waals surface area contributed by atoms with Crippen molar-refractivity contribution < 1.29 is 57.3 Å². The highest BCUT2D eigenvalue weighted by molar-refractivity contribution is 5.95. The van der Waals surface area contributed by atoms with Crippen molar-refractivity contribution >= 4 is 11.9 Å². The molecule has 348 valence electrons. The molecule has 1 aliphatic carbocycles. The lowest BCUT2D eigenvalue weighted by Gasteiger charge is -2.35. The minimum Gasteiger partial charge on any atom is -0.490 e. The maximum atomic E-state index is 14.0.